The lowest BCUT2D eigenvalue weighted by Crippen LogP contribution is -2.39. The Labute approximate surface area is 151 Å². The number of hydrogen-bond acceptors (Lipinski definition) is 3. The van der Waals surface area contributed by atoms with E-state index in [1.807, 2.05) is 18.7 Å². The van der Waals surface area contributed by atoms with E-state index in [0.29, 0.717) is 30.3 Å². The Balaban J connectivity index is 1.93. The summed E-state index contributed by atoms with van der Waals surface area (Å²) in [6.07, 6.45) is 4.96. The molecule has 0 N–H and O–H groups in total. The monoisotopic (exact) mass is 364 g/mol. The van der Waals surface area contributed by atoms with Gasteiger partial charge in [-0.1, -0.05) is 12.5 Å². The number of rotatable bonds is 5. The fraction of sp³-hybridized carbons (Fsp3) is 0.632. The molecule has 1 aromatic carbocycles. The number of hydrogen-bond donors (Lipinski definition) is 0. The smallest absolute Gasteiger partial charge is 0.254 e. The van der Waals surface area contributed by atoms with Crippen molar-refractivity contribution in [2.75, 3.05) is 13.1 Å². The molecule has 1 aliphatic heterocycles. The molecule has 3 rings (SSSR count). The molecule has 0 spiro atoms. The molecule has 1 aliphatic carbocycles. The third-order valence-corrected chi connectivity index (χ3v) is 7.14. The summed E-state index contributed by atoms with van der Waals surface area (Å²) in [7, 11) is -3.54. The quantitative estimate of drug-likeness (QED) is 0.806. The van der Waals surface area contributed by atoms with Crippen LogP contribution in [0.15, 0.2) is 23.1 Å². The van der Waals surface area contributed by atoms with E-state index >= 15 is 0 Å². The molecule has 0 unspecified atom stereocenters. The molecule has 0 atom stereocenters. The van der Waals surface area contributed by atoms with Gasteiger partial charge in [-0.25, -0.2) is 8.42 Å². The Morgan fingerprint density at radius 1 is 1.16 bits per heavy atom. The van der Waals surface area contributed by atoms with Gasteiger partial charge in [0, 0.05) is 30.7 Å². The first-order chi connectivity index (χ1) is 11.8. The first kappa shape index (κ1) is 18.4. The number of sulfonamides is 1. The molecule has 2 fully saturated rings. The van der Waals surface area contributed by atoms with E-state index < -0.39 is 10.0 Å². The third-order valence-electron chi connectivity index (χ3n) is 5.10. The number of amides is 1. The number of benzene rings is 1. The lowest BCUT2D eigenvalue weighted by Gasteiger charge is -2.28. The topological polar surface area (TPSA) is 57.7 Å². The maximum atomic E-state index is 13.0. The largest absolute Gasteiger partial charge is 0.333 e. The van der Waals surface area contributed by atoms with Crippen LogP contribution in [0.4, 0.5) is 0 Å². The van der Waals surface area contributed by atoms with Gasteiger partial charge in [-0.3, -0.25) is 4.79 Å². The van der Waals surface area contributed by atoms with Gasteiger partial charge in [-0.15, -0.1) is 0 Å². The van der Waals surface area contributed by atoms with Gasteiger partial charge >= 0.3 is 0 Å². The zero-order valence-corrected chi connectivity index (χ0v) is 16.2. The normalized spacial score (nSPS) is 19.2. The minimum Gasteiger partial charge on any atom is -0.333 e. The zero-order valence-electron chi connectivity index (χ0n) is 15.4. The number of carbonyl (C=O) groups excluding carboxylic acids is 1. The van der Waals surface area contributed by atoms with Gasteiger partial charge in [0.05, 0.1) is 4.90 Å². The Morgan fingerprint density at radius 2 is 1.80 bits per heavy atom. The summed E-state index contributed by atoms with van der Waals surface area (Å²) < 4.78 is 27.6. The summed E-state index contributed by atoms with van der Waals surface area (Å²) >= 11 is 0. The van der Waals surface area contributed by atoms with Crippen molar-refractivity contribution in [3.8, 4) is 0 Å². The molecule has 0 bridgehead atoms. The molecule has 1 heterocycles. The predicted molar refractivity (Wildman–Crippen MR) is 98.1 cm³/mol. The van der Waals surface area contributed by atoms with Gasteiger partial charge in [0.25, 0.3) is 5.91 Å². The Morgan fingerprint density at radius 3 is 2.36 bits per heavy atom. The summed E-state index contributed by atoms with van der Waals surface area (Å²) in [4.78, 5) is 15.1. The van der Waals surface area contributed by atoms with Crippen LogP contribution in [-0.2, 0) is 10.0 Å². The standard InChI is InChI=1S/C19H28N2O3S/c1-14(2)21(17-9-10-17)19(22)16-8-7-15(3)18(13-16)25(23,24)20-11-5-4-6-12-20/h7-8,13-14,17H,4-6,9-12H2,1-3H3. The van der Waals surface area contributed by atoms with Crippen LogP contribution in [0.2, 0.25) is 0 Å². The van der Waals surface area contributed by atoms with Crippen molar-refractivity contribution in [2.45, 2.75) is 69.9 Å². The average Bonchev–Trinajstić information content (AvgIpc) is 3.40. The summed E-state index contributed by atoms with van der Waals surface area (Å²) in [6.45, 7) is 6.96. The molecule has 1 aromatic rings. The summed E-state index contributed by atoms with van der Waals surface area (Å²) in [5.74, 6) is -0.0624. The molecule has 25 heavy (non-hydrogen) atoms. The summed E-state index contributed by atoms with van der Waals surface area (Å²) in [5.41, 5.74) is 1.17. The van der Waals surface area contributed by atoms with Crippen molar-refractivity contribution < 1.29 is 13.2 Å². The van der Waals surface area contributed by atoms with Crippen molar-refractivity contribution in [3.63, 3.8) is 0 Å². The van der Waals surface area contributed by atoms with Crippen molar-refractivity contribution in [1.82, 2.24) is 9.21 Å². The van der Waals surface area contributed by atoms with Crippen LogP contribution >= 0.6 is 0 Å². The van der Waals surface area contributed by atoms with Crippen LogP contribution in [0.3, 0.4) is 0 Å². The van der Waals surface area contributed by atoms with E-state index in [2.05, 4.69) is 0 Å². The molecule has 5 nitrogen and oxygen atoms in total. The van der Waals surface area contributed by atoms with Gasteiger partial charge in [-0.2, -0.15) is 4.31 Å². The van der Waals surface area contributed by atoms with Crippen LogP contribution < -0.4 is 0 Å². The second-order valence-electron chi connectivity index (χ2n) is 7.48. The van der Waals surface area contributed by atoms with E-state index in [4.69, 9.17) is 0 Å². The average molecular weight is 365 g/mol. The first-order valence-corrected chi connectivity index (χ1v) is 10.7. The van der Waals surface area contributed by atoms with Crippen molar-refractivity contribution in [3.05, 3.63) is 29.3 Å². The summed E-state index contributed by atoms with van der Waals surface area (Å²) in [5, 5.41) is 0. The Bertz CT molecular complexity index is 746. The molecular formula is C19H28N2O3S. The number of aryl methyl sites for hydroxylation is 1. The van der Waals surface area contributed by atoms with Crippen LogP contribution in [0.1, 0.15) is 61.9 Å². The van der Waals surface area contributed by atoms with E-state index in [9.17, 15) is 13.2 Å². The van der Waals surface area contributed by atoms with Crippen LogP contribution in [0.5, 0.6) is 0 Å². The number of nitrogens with zero attached hydrogens (tertiary/aromatic N) is 2. The zero-order chi connectivity index (χ0) is 18.2. The highest BCUT2D eigenvalue weighted by Gasteiger charge is 2.35. The molecule has 6 heteroatoms. The van der Waals surface area contributed by atoms with Crippen molar-refractivity contribution >= 4 is 15.9 Å². The molecule has 1 saturated heterocycles. The Hall–Kier alpha value is -1.40. The van der Waals surface area contributed by atoms with Crippen LogP contribution in [0, 0.1) is 6.92 Å². The summed E-state index contributed by atoms with van der Waals surface area (Å²) in [6, 6.07) is 5.51. The Kier molecular flexibility index (Phi) is 5.21. The highest BCUT2D eigenvalue weighted by molar-refractivity contribution is 7.89. The minimum atomic E-state index is -3.54. The van der Waals surface area contributed by atoms with Crippen molar-refractivity contribution in [2.24, 2.45) is 0 Å². The molecule has 0 radical (unpaired) electrons. The molecule has 1 amide bonds. The maximum absolute atomic E-state index is 13.0. The van der Waals surface area contributed by atoms with Crippen LogP contribution in [0.25, 0.3) is 0 Å². The van der Waals surface area contributed by atoms with Gasteiger partial charge in [0.2, 0.25) is 10.0 Å². The van der Waals surface area contributed by atoms with Gasteiger partial charge in [0.1, 0.15) is 0 Å². The van der Waals surface area contributed by atoms with E-state index in [-0.39, 0.29) is 16.8 Å². The maximum Gasteiger partial charge on any atom is 0.254 e. The molecule has 1 saturated carbocycles. The molecule has 0 aromatic heterocycles. The predicted octanol–water partition coefficient (Wildman–Crippen LogP) is 3.18. The highest BCUT2D eigenvalue weighted by Crippen LogP contribution is 2.31. The van der Waals surface area contributed by atoms with E-state index in [1.165, 1.54) is 0 Å². The van der Waals surface area contributed by atoms with Gasteiger partial charge in [0.15, 0.2) is 0 Å². The second-order valence-corrected chi connectivity index (χ2v) is 9.39. The molecular weight excluding hydrogens is 336 g/mol. The molecule has 138 valence electrons. The van der Waals surface area contributed by atoms with Gasteiger partial charge in [-0.05, 0) is 64.2 Å². The fourth-order valence-corrected chi connectivity index (χ4v) is 5.35. The molecule has 2 aliphatic rings. The van der Waals surface area contributed by atoms with Crippen LogP contribution in [-0.4, -0.2) is 48.7 Å². The SMILES string of the molecule is Cc1ccc(C(=O)N(C(C)C)C2CC2)cc1S(=O)(=O)N1CCCCC1. The fourth-order valence-electron chi connectivity index (χ4n) is 3.58. The number of piperidine rings is 1. The van der Waals surface area contributed by atoms with E-state index in [0.717, 1.165) is 32.1 Å². The lowest BCUT2D eigenvalue weighted by atomic mass is 10.1. The second kappa shape index (κ2) is 7.08. The van der Waals surface area contributed by atoms with E-state index in [1.54, 1.807) is 29.4 Å². The lowest BCUT2D eigenvalue weighted by molar-refractivity contribution is 0.0690. The number of carbonyl (C=O) groups is 1. The van der Waals surface area contributed by atoms with Gasteiger partial charge < -0.3 is 4.90 Å². The third kappa shape index (κ3) is 3.75. The first-order valence-electron chi connectivity index (χ1n) is 9.26. The highest BCUT2D eigenvalue weighted by atomic mass is 32.2. The minimum absolute atomic E-state index is 0.0624. The van der Waals surface area contributed by atoms with Crippen molar-refractivity contribution in [1.29, 1.82) is 0 Å².